The minimum atomic E-state index is -1.07. The number of hydrogen-bond donors (Lipinski definition) is 4. The summed E-state index contributed by atoms with van der Waals surface area (Å²) >= 11 is 6.23. The molecule has 1 saturated heterocycles. The van der Waals surface area contributed by atoms with Crippen LogP contribution >= 0.6 is 11.6 Å². The quantitative estimate of drug-likeness (QED) is 0.0770. The first-order chi connectivity index (χ1) is 27.2. The van der Waals surface area contributed by atoms with Crippen molar-refractivity contribution in [2.45, 2.75) is 45.6 Å². The first-order valence-electron chi connectivity index (χ1n) is 18.2. The molecule has 3 aromatic carbocycles. The van der Waals surface area contributed by atoms with Crippen molar-refractivity contribution in [1.29, 1.82) is 0 Å². The summed E-state index contributed by atoms with van der Waals surface area (Å²) in [6, 6.07) is 16.4. The summed E-state index contributed by atoms with van der Waals surface area (Å²) in [5.41, 5.74) is 1.82. The number of nitrogens with one attached hydrogen (secondary N) is 4. The van der Waals surface area contributed by atoms with Crippen LogP contribution in [0.25, 0.3) is 16.6 Å². The van der Waals surface area contributed by atoms with E-state index in [0.29, 0.717) is 53.2 Å². The average Bonchev–Trinajstić information content (AvgIpc) is 3.86. The highest BCUT2D eigenvalue weighted by molar-refractivity contribution is 6.44. The monoisotopic (exact) mass is 798 g/mol. The lowest BCUT2D eigenvalue weighted by atomic mass is 9.96. The fourth-order valence-electron chi connectivity index (χ4n) is 6.40. The molecule has 0 saturated carbocycles. The van der Waals surface area contributed by atoms with Crippen LogP contribution in [0.3, 0.4) is 0 Å². The molecule has 0 spiro atoms. The van der Waals surface area contributed by atoms with Gasteiger partial charge in [-0.3, -0.25) is 24.1 Å². The van der Waals surface area contributed by atoms with E-state index >= 15 is 0 Å². The van der Waals surface area contributed by atoms with Crippen LogP contribution < -0.4 is 20.9 Å². The molecule has 3 heterocycles. The van der Waals surface area contributed by atoms with Crippen LogP contribution in [0.4, 0.5) is 22.7 Å². The summed E-state index contributed by atoms with van der Waals surface area (Å²) in [4.78, 5) is 74.5. The van der Waals surface area contributed by atoms with E-state index in [4.69, 9.17) is 21.1 Å². The highest BCUT2D eigenvalue weighted by Gasteiger charge is 2.31. The fourth-order valence-corrected chi connectivity index (χ4v) is 6.57. The van der Waals surface area contributed by atoms with Gasteiger partial charge in [-0.05, 0) is 92.6 Å². The molecule has 6 rings (SSSR count). The van der Waals surface area contributed by atoms with E-state index in [9.17, 15) is 24.0 Å². The van der Waals surface area contributed by atoms with Crippen molar-refractivity contribution in [3.63, 3.8) is 0 Å². The van der Waals surface area contributed by atoms with Gasteiger partial charge >= 0.3 is 17.8 Å². The molecule has 0 bridgehead atoms. The number of carbonyl (C=O) groups excluding carboxylic acids is 5. The Hall–Kier alpha value is -6.17. The average molecular weight is 799 g/mol. The molecule has 1 atom stereocenters. The van der Waals surface area contributed by atoms with Gasteiger partial charge in [0.2, 0.25) is 11.8 Å². The summed E-state index contributed by atoms with van der Waals surface area (Å²) in [7, 11) is 1.62. The lowest BCUT2D eigenvalue weighted by Crippen LogP contribution is -2.51. The zero-order valence-corrected chi connectivity index (χ0v) is 32.8. The Morgan fingerprint density at radius 1 is 0.947 bits per heavy atom. The topological polar surface area (TPSA) is 206 Å². The van der Waals surface area contributed by atoms with Crippen LogP contribution in [0, 0.1) is 0 Å². The first kappa shape index (κ1) is 40.5. The molecule has 17 nitrogen and oxygen atoms in total. The summed E-state index contributed by atoms with van der Waals surface area (Å²) in [5.74, 6) is -4.28. The number of amides is 4. The summed E-state index contributed by atoms with van der Waals surface area (Å²) in [6.45, 7) is 9.14. The lowest BCUT2D eigenvalue weighted by Gasteiger charge is -2.35. The number of tetrazole rings is 1. The van der Waals surface area contributed by atoms with E-state index in [2.05, 4.69) is 36.5 Å². The van der Waals surface area contributed by atoms with Gasteiger partial charge < -0.3 is 35.3 Å². The number of ether oxygens (including phenoxy) is 2. The summed E-state index contributed by atoms with van der Waals surface area (Å²) in [6.07, 6.45) is 2.07. The maximum Gasteiger partial charge on any atom is 0.355 e. The largest absolute Gasteiger partial charge is 0.455 e. The smallest absolute Gasteiger partial charge is 0.355 e. The van der Waals surface area contributed by atoms with Gasteiger partial charge in [0.15, 0.2) is 0 Å². The molecule has 0 aliphatic carbocycles. The van der Waals surface area contributed by atoms with Gasteiger partial charge in [-0.25, -0.2) is 4.79 Å². The van der Waals surface area contributed by atoms with E-state index in [1.807, 2.05) is 4.90 Å². The Morgan fingerprint density at radius 2 is 1.72 bits per heavy atom. The third-order valence-electron chi connectivity index (χ3n) is 9.14. The van der Waals surface area contributed by atoms with Crippen LogP contribution in [0.15, 0.2) is 67.0 Å². The van der Waals surface area contributed by atoms with E-state index < -0.39 is 35.2 Å². The number of H-pyrrole nitrogens is 1. The second-order valence-corrected chi connectivity index (χ2v) is 14.8. The van der Waals surface area contributed by atoms with Crippen LogP contribution in [0.5, 0.6) is 0 Å². The molecule has 1 aliphatic heterocycles. The van der Waals surface area contributed by atoms with Crippen molar-refractivity contribution in [1.82, 2.24) is 30.1 Å². The molecule has 5 aromatic rings. The molecular weight excluding hydrogens is 756 g/mol. The second kappa shape index (κ2) is 17.3. The number of benzene rings is 3. The molecular formula is C39H43ClN10O7. The standard InChI is InChI=1S/C39H43ClN10O7/c1-23(35(52)43-28-11-7-10-27-26(28)20-30(42-27)38(55)57-39(2,3)4)25-9-6-12-32(49-17-16-48(21-33(49)51)15-8-18-56-5)34(25)45-37(54)36(53)44-29-19-24(40)13-14-31(29)50-22-41-46-47-50/h6-7,9-14,19-20,22-23,42H,8,15-18,21H2,1-5H3,(H,43,52)(H,44,53)(H,45,54)/t23-/m0/s1. The Morgan fingerprint density at radius 3 is 2.44 bits per heavy atom. The van der Waals surface area contributed by atoms with Crippen molar-refractivity contribution in [2.75, 3.05) is 60.7 Å². The zero-order valence-electron chi connectivity index (χ0n) is 32.1. The molecule has 18 heteroatoms. The molecule has 1 aliphatic rings. The van der Waals surface area contributed by atoms with Gasteiger partial charge in [0.05, 0.1) is 40.9 Å². The van der Waals surface area contributed by atoms with Crippen LogP contribution in [-0.4, -0.2) is 105 Å². The minimum Gasteiger partial charge on any atom is -0.455 e. The second-order valence-electron chi connectivity index (χ2n) is 14.4. The number of fused-ring (bicyclic) bond motifs is 1. The fraction of sp³-hybridized carbons (Fsp3) is 0.333. The summed E-state index contributed by atoms with van der Waals surface area (Å²) < 4.78 is 12.0. The number of esters is 1. The molecule has 0 radical (unpaired) electrons. The Bertz CT molecular complexity index is 2300. The Balaban J connectivity index is 1.30. The number of halogens is 1. The first-order valence-corrected chi connectivity index (χ1v) is 18.6. The van der Waals surface area contributed by atoms with Crippen molar-refractivity contribution in [3.8, 4) is 5.69 Å². The summed E-state index contributed by atoms with van der Waals surface area (Å²) in [5, 5.41) is 20.2. The number of anilines is 4. The number of methoxy groups -OCH3 is 1. The maximum absolute atomic E-state index is 14.1. The predicted molar refractivity (Wildman–Crippen MR) is 214 cm³/mol. The van der Waals surface area contributed by atoms with Crippen molar-refractivity contribution >= 4 is 74.9 Å². The third kappa shape index (κ3) is 9.62. The Labute approximate surface area is 333 Å². The third-order valence-corrected chi connectivity index (χ3v) is 9.37. The number of rotatable bonds is 12. The molecule has 0 unspecified atom stereocenters. The van der Waals surface area contributed by atoms with Crippen LogP contribution in [0.2, 0.25) is 5.02 Å². The van der Waals surface area contributed by atoms with E-state index in [-0.39, 0.29) is 41.1 Å². The lowest BCUT2D eigenvalue weighted by molar-refractivity contribution is -0.133. The van der Waals surface area contributed by atoms with Crippen LogP contribution in [-0.2, 0) is 28.7 Å². The molecule has 4 N–H and O–H groups in total. The van der Waals surface area contributed by atoms with Gasteiger partial charge in [0, 0.05) is 49.3 Å². The normalized spacial score (nSPS) is 14.0. The van der Waals surface area contributed by atoms with Gasteiger partial charge in [-0.2, -0.15) is 4.68 Å². The zero-order chi connectivity index (χ0) is 40.9. The number of piperazine rings is 1. The molecule has 2 aromatic heterocycles. The van der Waals surface area contributed by atoms with E-state index in [1.165, 1.54) is 17.1 Å². The van der Waals surface area contributed by atoms with Gasteiger partial charge in [-0.1, -0.05) is 29.8 Å². The van der Waals surface area contributed by atoms with Crippen LogP contribution in [0.1, 0.15) is 56.1 Å². The molecule has 298 valence electrons. The highest BCUT2D eigenvalue weighted by atomic mass is 35.5. The number of carbonyl (C=O) groups is 5. The molecule has 57 heavy (non-hydrogen) atoms. The van der Waals surface area contributed by atoms with Crippen molar-refractivity contribution in [3.05, 3.63) is 83.3 Å². The van der Waals surface area contributed by atoms with Crippen molar-refractivity contribution < 1.29 is 33.4 Å². The Kier molecular flexibility index (Phi) is 12.3. The molecule has 1 fully saturated rings. The number of aromatic amines is 1. The molecule has 4 amide bonds. The van der Waals surface area contributed by atoms with Gasteiger partial charge in [-0.15, -0.1) is 5.10 Å². The van der Waals surface area contributed by atoms with E-state index in [1.54, 1.807) is 94.3 Å². The number of aromatic nitrogens is 5. The van der Waals surface area contributed by atoms with Gasteiger partial charge in [0.25, 0.3) is 0 Å². The van der Waals surface area contributed by atoms with E-state index in [0.717, 1.165) is 6.42 Å². The van der Waals surface area contributed by atoms with Gasteiger partial charge in [0.1, 0.15) is 17.6 Å². The van der Waals surface area contributed by atoms with Crippen molar-refractivity contribution in [2.24, 2.45) is 0 Å². The predicted octanol–water partition coefficient (Wildman–Crippen LogP) is 4.76. The number of para-hydroxylation sites is 1. The maximum atomic E-state index is 14.1. The number of nitrogens with zero attached hydrogens (tertiary/aromatic N) is 6. The highest BCUT2D eigenvalue weighted by Crippen LogP contribution is 2.37. The number of hydrogen-bond acceptors (Lipinski definition) is 11. The SMILES string of the molecule is COCCCN1CCN(c2cccc([C@H](C)C(=O)Nc3cccc4[nH]c(C(=O)OC(C)(C)C)cc34)c2NC(=O)C(=O)Nc2cc(Cl)ccc2-n2cnnn2)C(=O)C1. The minimum absolute atomic E-state index is 0.111.